The number of thiol groups is 1. The average molecular weight is 225 g/mol. The third-order valence-electron chi connectivity index (χ3n) is 2.33. The fraction of sp³-hybridized carbons (Fsp3) is 0.364. The Balaban J connectivity index is 2.94. The van der Waals surface area contributed by atoms with E-state index in [0.717, 1.165) is 11.3 Å². The van der Waals surface area contributed by atoms with Crippen LogP contribution in [0.5, 0.6) is 5.75 Å². The molecule has 3 nitrogen and oxygen atoms in total. The van der Waals surface area contributed by atoms with Crippen molar-refractivity contribution in [1.29, 1.82) is 0 Å². The van der Waals surface area contributed by atoms with Crippen LogP contribution in [0.1, 0.15) is 16.7 Å². The summed E-state index contributed by atoms with van der Waals surface area (Å²) < 4.78 is 5.24. The minimum absolute atomic E-state index is 0.338. The molecular formula is C11H15NO2S. The second-order valence-electron chi connectivity index (χ2n) is 3.41. The molecule has 0 heterocycles. The quantitative estimate of drug-likeness (QED) is 0.775. The average Bonchev–Trinajstić information content (AvgIpc) is 2.19. The van der Waals surface area contributed by atoms with E-state index in [1.54, 1.807) is 7.11 Å². The number of hydrogen-bond acceptors (Lipinski definition) is 2. The molecule has 1 N–H and O–H groups in total. The molecule has 1 aromatic carbocycles. The van der Waals surface area contributed by atoms with E-state index in [0.29, 0.717) is 6.54 Å². The van der Waals surface area contributed by atoms with E-state index in [1.807, 2.05) is 26.0 Å². The van der Waals surface area contributed by atoms with Gasteiger partial charge in [0.15, 0.2) is 0 Å². The van der Waals surface area contributed by atoms with Crippen LogP contribution in [0.4, 0.5) is 4.79 Å². The fourth-order valence-electron chi connectivity index (χ4n) is 1.35. The van der Waals surface area contributed by atoms with Gasteiger partial charge in [0.1, 0.15) is 5.75 Å². The molecule has 1 rings (SSSR count). The van der Waals surface area contributed by atoms with Crippen LogP contribution < -0.4 is 10.1 Å². The van der Waals surface area contributed by atoms with Crippen molar-refractivity contribution >= 4 is 17.9 Å². The van der Waals surface area contributed by atoms with E-state index in [2.05, 4.69) is 17.9 Å². The molecule has 0 fully saturated rings. The molecule has 0 unspecified atom stereocenters. The van der Waals surface area contributed by atoms with Gasteiger partial charge in [-0.15, -0.1) is 0 Å². The maximum atomic E-state index is 10.7. The van der Waals surface area contributed by atoms with E-state index in [-0.39, 0.29) is 5.24 Å². The number of nitrogens with one attached hydrogen (secondary N) is 1. The van der Waals surface area contributed by atoms with Crippen molar-refractivity contribution in [2.45, 2.75) is 20.4 Å². The first kappa shape index (κ1) is 11.9. The Kier molecular flexibility index (Phi) is 4.03. The molecule has 82 valence electrons. The molecule has 0 saturated carbocycles. The summed E-state index contributed by atoms with van der Waals surface area (Å²) in [5, 5.41) is 2.29. The second-order valence-corrected chi connectivity index (χ2v) is 3.81. The number of hydrogen-bond donors (Lipinski definition) is 2. The van der Waals surface area contributed by atoms with Crippen molar-refractivity contribution in [3.8, 4) is 5.75 Å². The van der Waals surface area contributed by atoms with Crippen LogP contribution in [0.25, 0.3) is 0 Å². The highest BCUT2D eigenvalue weighted by Gasteiger charge is 2.06. The number of carbonyl (C=O) groups is 1. The van der Waals surface area contributed by atoms with E-state index in [1.165, 1.54) is 11.1 Å². The van der Waals surface area contributed by atoms with Crippen molar-refractivity contribution in [1.82, 2.24) is 5.32 Å². The van der Waals surface area contributed by atoms with Crippen LogP contribution in [-0.2, 0) is 6.54 Å². The summed E-state index contributed by atoms with van der Waals surface area (Å²) >= 11 is 3.65. The lowest BCUT2D eigenvalue weighted by molar-refractivity contribution is 0.260. The Morgan fingerprint density at radius 1 is 1.40 bits per heavy atom. The van der Waals surface area contributed by atoms with Gasteiger partial charge in [0, 0.05) is 12.1 Å². The monoisotopic (exact) mass is 225 g/mol. The van der Waals surface area contributed by atoms with Gasteiger partial charge in [0.05, 0.1) is 7.11 Å². The Morgan fingerprint density at radius 3 is 2.53 bits per heavy atom. The highest BCUT2D eigenvalue weighted by atomic mass is 32.1. The highest BCUT2D eigenvalue weighted by molar-refractivity contribution is 7.96. The molecule has 0 aliphatic heterocycles. The number of aryl methyl sites for hydroxylation is 2. The molecule has 0 radical (unpaired) electrons. The number of benzene rings is 1. The Morgan fingerprint density at radius 2 is 2.00 bits per heavy atom. The lowest BCUT2D eigenvalue weighted by Gasteiger charge is -2.11. The van der Waals surface area contributed by atoms with Crippen molar-refractivity contribution < 1.29 is 9.53 Å². The first-order valence-electron chi connectivity index (χ1n) is 4.65. The lowest BCUT2D eigenvalue weighted by Crippen LogP contribution is -2.16. The molecule has 0 saturated heterocycles. The molecular weight excluding hydrogens is 210 g/mol. The molecule has 0 bridgehead atoms. The molecule has 4 heteroatoms. The predicted molar refractivity (Wildman–Crippen MR) is 63.7 cm³/mol. The molecule has 0 atom stereocenters. The van der Waals surface area contributed by atoms with Gasteiger partial charge in [-0.3, -0.25) is 4.79 Å². The molecule has 1 amide bonds. The fourth-order valence-corrected chi connectivity index (χ4v) is 1.43. The zero-order valence-corrected chi connectivity index (χ0v) is 10.0. The van der Waals surface area contributed by atoms with Crippen LogP contribution in [0, 0.1) is 13.8 Å². The van der Waals surface area contributed by atoms with Gasteiger partial charge in [-0.25, -0.2) is 0 Å². The molecule has 0 spiro atoms. The first-order valence-corrected chi connectivity index (χ1v) is 5.10. The van der Waals surface area contributed by atoms with Crippen LogP contribution in [0.2, 0.25) is 0 Å². The third kappa shape index (κ3) is 3.16. The van der Waals surface area contributed by atoms with Crippen molar-refractivity contribution in [3.63, 3.8) is 0 Å². The van der Waals surface area contributed by atoms with Crippen molar-refractivity contribution in [2.75, 3.05) is 7.11 Å². The number of methoxy groups -OCH3 is 1. The molecule has 0 aliphatic rings. The molecule has 1 aromatic rings. The van der Waals surface area contributed by atoms with Gasteiger partial charge in [-0.2, -0.15) is 0 Å². The SMILES string of the molecule is COc1cc(C)c(C)cc1CNC(=O)S. The number of rotatable bonds is 3. The Labute approximate surface area is 95.2 Å². The first-order chi connectivity index (χ1) is 7.04. The van der Waals surface area contributed by atoms with E-state index >= 15 is 0 Å². The van der Waals surface area contributed by atoms with Crippen molar-refractivity contribution in [3.05, 3.63) is 28.8 Å². The maximum Gasteiger partial charge on any atom is 0.276 e. The molecule has 0 aromatic heterocycles. The number of carbonyl (C=O) groups excluding carboxylic acids is 1. The summed E-state index contributed by atoms with van der Waals surface area (Å²) in [7, 11) is 1.62. The van der Waals surface area contributed by atoms with Crippen LogP contribution in [0.3, 0.4) is 0 Å². The van der Waals surface area contributed by atoms with Gasteiger partial charge in [-0.05, 0) is 31.0 Å². The largest absolute Gasteiger partial charge is 0.496 e. The van der Waals surface area contributed by atoms with E-state index in [4.69, 9.17) is 4.74 Å². The predicted octanol–water partition coefficient (Wildman–Crippen LogP) is 2.45. The standard InChI is InChI=1S/C11H15NO2S/c1-7-4-9(6-12-11(13)15)10(14-3)5-8(7)2/h4-5H,6H2,1-3H3,(H2,12,13,15). The van der Waals surface area contributed by atoms with Crippen LogP contribution >= 0.6 is 12.6 Å². The zero-order valence-electron chi connectivity index (χ0n) is 9.13. The van der Waals surface area contributed by atoms with E-state index < -0.39 is 0 Å². The minimum atomic E-state index is -0.338. The summed E-state index contributed by atoms with van der Waals surface area (Å²) in [6.07, 6.45) is 0. The number of ether oxygens (including phenoxy) is 1. The summed E-state index contributed by atoms with van der Waals surface area (Å²) in [5.41, 5.74) is 3.31. The van der Waals surface area contributed by atoms with Crippen molar-refractivity contribution in [2.24, 2.45) is 0 Å². The molecule has 15 heavy (non-hydrogen) atoms. The smallest absolute Gasteiger partial charge is 0.276 e. The third-order valence-corrected chi connectivity index (χ3v) is 2.48. The van der Waals surface area contributed by atoms with Gasteiger partial charge >= 0.3 is 0 Å². The Hall–Kier alpha value is -1.16. The van der Waals surface area contributed by atoms with Gasteiger partial charge in [-0.1, -0.05) is 18.7 Å². The van der Waals surface area contributed by atoms with Gasteiger partial charge in [0.25, 0.3) is 5.24 Å². The van der Waals surface area contributed by atoms with Gasteiger partial charge in [0.2, 0.25) is 0 Å². The minimum Gasteiger partial charge on any atom is -0.496 e. The van der Waals surface area contributed by atoms with Gasteiger partial charge < -0.3 is 10.1 Å². The summed E-state index contributed by atoms with van der Waals surface area (Å²) in [6.45, 7) is 4.49. The molecule has 0 aliphatic carbocycles. The summed E-state index contributed by atoms with van der Waals surface area (Å²) in [4.78, 5) is 10.7. The topological polar surface area (TPSA) is 38.3 Å². The van der Waals surface area contributed by atoms with E-state index in [9.17, 15) is 4.79 Å². The summed E-state index contributed by atoms with van der Waals surface area (Å²) in [6, 6.07) is 3.98. The second kappa shape index (κ2) is 5.07. The maximum absolute atomic E-state index is 10.7. The van der Waals surface area contributed by atoms with Crippen LogP contribution in [-0.4, -0.2) is 12.3 Å². The normalized spacial score (nSPS) is 9.87. The highest BCUT2D eigenvalue weighted by Crippen LogP contribution is 2.22. The summed E-state index contributed by atoms with van der Waals surface area (Å²) in [5.74, 6) is 0.792. The zero-order chi connectivity index (χ0) is 11.4. The number of amides is 1. The Bertz CT molecular complexity index is 377. The van der Waals surface area contributed by atoms with Crippen LogP contribution in [0.15, 0.2) is 12.1 Å². The lowest BCUT2D eigenvalue weighted by atomic mass is 10.1.